The second-order valence-electron chi connectivity index (χ2n) is 6.17. The summed E-state index contributed by atoms with van der Waals surface area (Å²) in [5, 5.41) is 9.96. The van der Waals surface area contributed by atoms with Crippen LogP contribution in [0.4, 0.5) is 4.39 Å². The van der Waals surface area contributed by atoms with Gasteiger partial charge in [0.25, 0.3) is 5.56 Å². The smallest absolute Gasteiger partial charge is 0.251 e. The molecule has 2 heterocycles. The van der Waals surface area contributed by atoms with E-state index in [1.54, 1.807) is 29.3 Å². The average Bonchev–Trinajstić information content (AvgIpc) is 2.93. The Morgan fingerprint density at radius 2 is 2.00 bits per heavy atom. The summed E-state index contributed by atoms with van der Waals surface area (Å²) in [6.45, 7) is 1.94. The Labute approximate surface area is 139 Å². The van der Waals surface area contributed by atoms with E-state index in [1.165, 1.54) is 22.8 Å². The molecule has 2 aromatic rings. The molecule has 24 heavy (non-hydrogen) atoms. The van der Waals surface area contributed by atoms with Gasteiger partial charge in [0, 0.05) is 18.8 Å². The molecule has 2 atom stereocenters. The highest BCUT2D eigenvalue weighted by molar-refractivity contribution is 5.77. The summed E-state index contributed by atoms with van der Waals surface area (Å²) in [6, 6.07) is 8.86. The Bertz CT molecular complexity index is 801. The van der Waals surface area contributed by atoms with Gasteiger partial charge < -0.3 is 14.6 Å². The highest BCUT2D eigenvalue weighted by atomic mass is 19.1. The topological polar surface area (TPSA) is 62.5 Å². The van der Waals surface area contributed by atoms with E-state index >= 15 is 0 Å². The lowest BCUT2D eigenvalue weighted by molar-refractivity contribution is -0.133. The molecular formula is C18H19FN2O3. The zero-order valence-electron chi connectivity index (χ0n) is 13.4. The zero-order valence-corrected chi connectivity index (χ0v) is 13.4. The molecule has 1 N–H and O–H groups in total. The maximum absolute atomic E-state index is 13.1. The van der Waals surface area contributed by atoms with E-state index in [0.717, 1.165) is 11.1 Å². The number of aliphatic hydroxyl groups is 1. The van der Waals surface area contributed by atoms with Crippen molar-refractivity contribution in [1.29, 1.82) is 0 Å². The minimum absolute atomic E-state index is 0.0798. The molecule has 5 nitrogen and oxygen atoms in total. The highest BCUT2D eigenvalue weighted by Gasteiger charge is 2.35. The largest absolute Gasteiger partial charge is 0.391 e. The van der Waals surface area contributed by atoms with E-state index in [9.17, 15) is 19.1 Å². The van der Waals surface area contributed by atoms with Gasteiger partial charge >= 0.3 is 0 Å². The fraction of sp³-hybridized carbons (Fsp3) is 0.333. The molecule has 1 aromatic carbocycles. The predicted molar refractivity (Wildman–Crippen MR) is 86.9 cm³/mol. The minimum atomic E-state index is -0.626. The zero-order chi connectivity index (χ0) is 17.3. The van der Waals surface area contributed by atoms with Crippen molar-refractivity contribution in [1.82, 2.24) is 9.47 Å². The predicted octanol–water partition coefficient (Wildman–Crippen LogP) is 1.63. The van der Waals surface area contributed by atoms with Gasteiger partial charge in [-0.25, -0.2) is 4.39 Å². The maximum Gasteiger partial charge on any atom is 0.251 e. The number of aromatic nitrogens is 1. The summed E-state index contributed by atoms with van der Waals surface area (Å²) >= 11 is 0. The van der Waals surface area contributed by atoms with Crippen molar-refractivity contribution < 1.29 is 14.3 Å². The van der Waals surface area contributed by atoms with Crippen molar-refractivity contribution >= 4 is 5.91 Å². The third-order valence-electron chi connectivity index (χ3n) is 4.31. The molecule has 1 fully saturated rings. The van der Waals surface area contributed by atoms with E-state index < -0.39 is 6.10 Å². The molecule has 0 saturated carbocycles. The number of hydrogen-bond donors (Lipinski definition) is 1. The van der Waals surface area contributed by atoms with Crippen LogP contribution in [0.25, 0.3) is 0 Å². The lowest BCUT2D eigenvalue weighted by Gasteiger charge is -2.25. The minimum Gasteiger partial charge on any atom is -0.391 e. The number of aryl methyl sites for hydroxylation is 1. The van der Waals surface area contributed by atoms with Crippen LogP contribution in [0.1, 0.15) is 23.6 Å². The molecule has 6 heteroatoms. The number of carbonyl (C=O) groups excluding carboxylic acids is 1. The number of aliphatic hydroxyl groups excluding tert-OH is 1. The molecule has 0 unspecified atom stereocenters. The Morgan fingerprint density at radius 3 is 2.67 bits per heavy atom. The molecular weight excluding hydrogens is 311 g/mol. The standard InChI is InChI=1S/C18H19FN2O3/c1-12-6-7-20(17(23)8-12)11-18(24)21-10-15(22)9-16(21)13-2-4-14(19)5-3-13/h2-8,15-16,22H,9-11H2,1H3/t15-,16+/m1/s1. The number of halogens is 1. The van der Waals surface area contributed by atoms with E-state index in [0.29, 0.717) is 6.42 Å². The molecule has 126 valence electrons. The van der Waals surface area contributed by atoms with Gasteiger partial charge in [-0.3, -0.25) is 9.59 Å². The number of β-amino-alcohol motifs (C(OH)–C–C–N with tert-alkyl or cyclic N) is 1. The third-order valence-corrected chi connectivity index (χ3v) is 4.31. The summed E-state index contributed by atoms with van der Waals surface area (Å²) in [7, 11) is 0. The first-order valence-electron chi connectivity index (χ1n) is 7.84. The van der Waals surface area contributed by atoms with Crippen LogP contribution < -0.4 is 5.56 Å². The van der Waals surface area contributed by atoms with Crippen LogP contribution in [-0.2, 0) is 11.3 Å². The monoisotopic (exact) mass is 330 g/mol. The van der Waals surface area contributed by atoms with Crippen LogP contribution in [0.5, 0.6) is 0 Å². The van der Waals surface area contributed by atoms with Gasteiger partial charge in [0.15, 0.2) is 0 Å². The van der Waals surface area contributed by atoms with Gasteiger partial charge in [0.1, 0.15) is 12.4 Å². The molecule has 0 bridgehead atoms. The van der Waals surface area contributed by atoms with E-state index in [4.69, 9.17) is 0 Å². The molecule has 1 aliphatic rings. The lowest BCUT2D eigenvalue weighted by Crippen LogP contribution is -2.36. The second kappa shape index (κ2) is 6.57. The maximum atomic E-state index is 13.1. The molecule has 0 radical (unpaired) electrons. The number of benzene rings is 1. The fourth-order valence-electron chi connectivity index (χ4n) is 3.06. The highest BCUT2D eigenvalue weighted by Crippen LogP contribution is 2.32. The summed E-state index contributed by atoms with van der Waals surface area (Å²) < 4.78 is 14.5. The summed E-state index contributed by atoms with van der Waals surface area (Å²) in [4.78, 5) is 26.1. The van der Waals surface area contributed by atoms with E-state index in [-0.39, 0.29) is 36.4 Å². The summed E-state index contributed by atoms with van der Waals surface area (Å²) in [6.07, 6.45) is 1.37. The van der Waals surface area contributed by atoms with Crippen LogP contribution in [-0.4, -0.2) is 33.1 Å². The van der Waals surface area contributed by atoms with Crippen molar-refractivity contribution in [3.63, 3.8) is 0 Å². The third kappa shape index (κ3) is 3.38. The molecule has 0 spiro atoms. The molecule has 1 aliphatic heterocycles. The van der Waals surface area contributed by atoms with Crippen LogP contribution in [0.15, 0.2) is 47.4 Å². The van der Waals surface area contributed by atoms with Crippen molar-refractivity contribution in [2.24, 2.45) is 0 Å². The molecule has 1 saturated heterocycles. The van der Waals surface area contributed by atoms with Crippen LogP contribution in [0.3, 0.4) is 0 Å². The van der Waals surface area contributed by atoms with Crippen LogP contribution in [0.2, 0.25) is 0 Å². The first-order chi connectivity index (χ1) is 11.4. The first kappa shape index (κ1) is 16.4. The molecule has 1 aromatic heterocycles. The summed E-state index contributed by atoms with van der Waals surface area (Å²) in [5.41, 5.74) is 1.38. The van der Waals surface area contributed by atoms with Crippen molar-refractivity contribution in [2.75, 3.05) is 6.54 Å². The van der Waals surface area contributed by atoms with Gasteiger partial charge in [-0.05, 0) is 42.7 Å². The number of amides is 1. The molecule has 3 rings (SSSR count). The number of rotatable bonds is 3. The number of nitrogens with zero attached hydrogens (tertiary/aromatic N) is 2. The first-order valence-corrected chi connectivity index (χ1v) is 7.84. The van der Waals surface area contributed by atoms with Crippen molar-refractivity contribution in [3.8, 4) is 0 Å². The van der Waals surface area contributed by atoms with Gasteiger partial charge in [-0.15, -0.1) is 0 Å². The quantitative estimate of drug-likeness (QED) is 0.930. The Morgan fingerprint density at radius 1 is 1.29 bits per heavy atom. The SMILES string of the molecule is Cc1ccn(CC(=O)N2C[C@H](O)C[C@H]2c2ccc(F)cc2)c(=O)c1. The molecule has 0 aliphatic carbocycles. The molecule has 1 amide bonds. The van der Waals surface area contributed by atoms with Gasteiger partial charge in [-0.1, -0.05) is 12.1 Å². The Kier molecular flexibility index (Phi) is 4.49. The van der Waals surface area contributed by atoms with Crippen LogP contribution in [0, 0.1) is 12.7 Å². The number of pyridine rings is 1. The average molecular weight is 330 g/mol. The van der Waals surface area contributed by atoms with Crippen LogP contribution >= 0.6 is 0 Å². The van der Waals surface area contributed by atoms with Crippen molar-refractivity contribution in [2.45, 2.75) is 32.0 Å². The number of likely N-dealkylation sites (tertiary alicyclic amines) is 1. The van der Waals surface area contributed by atoms with Gasteiger partial charge in [0.05, 0.1) is 12.1 Å². The number of carbonyl (C=O) groups is 1. The second-order valence-corrected chi connectivity index (χ2v) is 6.17. The van der Waals surface area contributed by atoms with Crippen molar-refractivity contribution in [3.05, 3.63) is 69.9 Å². The fourth-order valence-corrected chi connectivity index (χ4v) is 3.06. The summed E-state index contributed by atoms with van der Waals surface area (Å²) in [5.74, 6) is -0.590. The Balaban J connectivity index is 1.81. The van der Waals surface area contributed by atoms with E-state index in [2.05, 4.69) is 0 Å². The lowest BCUT2D eigenvalue weighted by atomic mass is 10.0. The van der Waals surface area contributed by atoms with Gasteiger partial charge in [-0.2, -0.15) is 0 Å². The number of hydrogen-bond acceptors (Lipinski definition) is 3. The van der Waals surface area contributed by atoms with Gasteiger partial charge in [0.2, 0.25) is 5.91 Å². The Hall–Kier alpha value is -2.47. The van der Waals surface area contributed by atoms with E-state index in [1.807, 2.05) is 6.92 Å². The normalized spacial score (nSPS) is 20.4.